The Bertz CT molecular complexity index is 407. The second-order valence-electron chi connectivity index (χ2n) is 7.23. The van der Waals surface area contributed by atoms with Crippen LogP contribution in [0.2, 0.25) is 0 Å². The van der Waals surface area contributed by atoms with Crippen molar-refractivity contribution < 1.29 is 13.7 Å². The zero-order valence-electron chi connectivity index (χ0n) is 13.5. The maximum Gasteiger partial charge on any atom is 0.408 e. The molecule has 1 amide bonds. The minimum Gasteiger partial charge on any atom is -0.444 e. The van der Waals surface area contributed by atoms with Gasteiger partial charge < -0.3 is 10.1 Å². The summed E-state index contributed by atoms with van der Waals surface area (Å²) in [5, 5.41) is 3.10. The lowest BCUT2D eigenvalue weighted by Gasteiger charge is -2.52. The first-order valence-electron chi connectivity index (χ1n) is 7.77. The molecular formula is C15H27NO3S2. The maximum atomic E-state index is 12.5. The number of hydrogen-bond donors (Lipinski definition) is 1. The van der Waals surface area contributed by atoms with Gasteiger partial charge in [0.25, 0.3) is 0 Å². The van der Waals surface area contributed by atoms with Gasteiger partial charge in [0.15, 0.2) is 0 Å². The summed E-state index contributed by atoms with van der Waals surface area (Å²) in [6.45, 7) is 7.69. The molecule has 0 aliphatic heterocycles. The molecule has 6 heteroatoms. The Kier molecular flexibility index (Phi) is 4.98. The van der Waals surface area contributed by atoms with Crippen molar-refractivity contribution in [1.29, 1.82) is 0 Å². The number of hydrogen-bond acceptors (Lipinski definition) is 4. The molecule has 122 valence electrons. The maximum absolute atomic E-state index is 12.5. The van der Waals surface area contributed by atoms with Crippen LogP contribution in [0.3, 0.4) is 0 Å². The number of rotatable bonds is 4. The van der Waals surface area contributed by atoms with Crippen LogP contribution in [0.5, 0.6) is 0 Å². The smallest absolute Gasteiger partial charge is 0.408 e. The van der Waals surface area contributed by atoms with Crippen molar-refractivity contribution in [1.82, 2.24) is 5.32 Å². The first-order chi connectivity index (χ1) is 9.70. The summed E-state index contributed by atoms with van der Waals surface area (Å²) in [5.74, 6) is 0.898. The topological polar surface area (TPSA) is 55.4 Å². The van der Waals surface area contributed by atoms with E-state index in [0.717, 1.165) is 44.3 Å². The van der Waals surface area contributed by atoms with Crippen molar-refractivity contribution >= 4 is 26.7 Å². The number of nitrogens with one attached hydrogen (secondary N) is 1. The molecule has 3 rings (SSSR count). The molecule has 0 aromatic heterocycles. The van der Waals surface area contributed by atoms with Crippen molar-refractivity contribution in [2.45, 2.75) is 82.1 Å². The molecule has 0 spiro atoms. The quantitative estimate of drug-likeness (QED) is 0.796. The fraction of sp³-hybridized carbons (Fsp3) is 0.933. The first-order valence-corrected chi connectivity index (χ1v) is 10.4. The number of amides is 1. The third-order valence-electron chi connectivity index (χ3n) is 4.52. The molecule has 0 saturated heterocycles. The van der Waals surface area contributed by atoms with E-state index in [9.17, 15) is 9.00 Å². The molecule has 2 bridgehead atoms. The molecular weight excluding hydrogens is 306 g/mol. The summed E-state index contributed by atoms with van der Waals surface area (Å²) in [4.78, 5) is 12.0. The zero-order valence-corrected chi connectivity index (χ0v) is 15.1. The standard InChI is InChI=1S/C15H27NO3S2/c1-5-20-21(18)15-9-6-14(7-10-15,8-11-15)16-12(17)19-13(2,3)4/h5-11H2,1-4H3,(H,16,17). The van der Waals surface area contributed by atoms with E-state index in [4.69, 9.17) is 4.74 Å². The SMILES string of the molecule is CCSS(=O)C12CCC(NC(=O)OC(C)(C)C)(CC1)CC2. The van der Waals surface area contributed by atoms with Gasteiger partial charge in [-0.2, -0.15) is 0 Å². The second-order valence-corrected chi connectivity index (χ2v) is 11.0. The van der Waals surface area contributed by atoms with E-state index in [1.165, 1.54) is 0 Å². The monoisotopic (exact) mass is 333 g/mol. The van der Waals surface area contributed by atoms with Gasteiger partial charge in [0.05, 0.1) is 14.6 Å². The lowest BCUT2D eigenvalue weighted by Crippen LogP contribution is -2.60. The van der Waals surface area contributed by atoms with Crippen LogP contribution in [0.25, 0.3) is 0 Å². The Labute approximate surface area is 134 Å². The second kappa shape index (κ2) is 6.11. The Morgan fingerprint density at radius 3 is 2.14 bits per heavy atom. The van der Waals surface area contributed by atoms with Crippen molar-refractivity contribution in [3.05, 3.63) is 0 Å². The van der Waals surface area contributed by atoms with E-state index >= 15 is 0 Å². The molecule has 4 nitrogen and oxygen atoms in total. The van der Waals surface area contributed by atoms with Crippen LogP contribution in [0.15, 0.2) is 0 Å². The molecule has 3 fully saturated rings. The van der Waals surface area contributed by atoms with Gasteiger partial charge in [0.2, 0.25) is 0 Å². The van der Waals surface area contributed by atoms with Crippen LogP contribution in [0, 0.1) is 0 Å². The average molecular weight is 334 g/mol. The van der Waals surface area contributed by atoms with Gasteiger partial charge in [-0.25, -0.2) is 9.00 Å². The number of carbonyl (C=O) groups excluding carboxylic acids is 1. The Balaban J connectivity index is 1.95. The highest BCUT2D eigenvalue weighted by atomic mass is 33.1. The van der Waals surface area contributed by atoms with Gasteiger partial charge in [-0.1, -0.05) is 17.7 Å². The van der Waals surface area contributed by atoms with E-state index in [2.05, 4.69) is 12.2 Å². The number of ether oxygens (including phenoxy) is 1. The number of carbonyl (C=O) groups is 1. The van der Waals surface area contributed by atoms with Gasteiger partial charge in [-0.15, -0.1) is 0 Å². The molecule has 21 heavy (non-hydrogen) atoms. The highest BCUT2D eigenvalue weighted by Gasteiger charge is 2.52. The lowest BCUT2D eigenvalue weighted by atomic mass is 9.65. The molecule has 3 saturated carbocycles. The third kappa shape index (κ3) is 3.95. The number of alkyl carbamates (subject to hydrolysis) is 1. The summed E-state index contributed by atoms with van der Waals surface area (Å²) in [6.07, 6.45) is 5.28. The Morgan fingerprint density at radius 1 is 1.19 bits per heavy atom. The largest absolute Gasteiger partial charge is 0.444 e. The van der Waals surface area contributed by atoms with Crippen LogP contribution in [-0.2, 0) is 14.6 Å². The predicted molar refractivity (Wildman–Crippen MR) is 88.8 cm³/mol. The number of fused-ring (bicyclic) bond motifs is 3. The zero-order chi connectivity index (χ0) is 15.7. The van der Waals surface area contributed by atoms with E-state index in [1.807, 2.05) is 20.8 Å². The molecule has 3 aliphatic rings. The molecule has 1 unspecified atom stereocenters. The van der Waals surface area contributed by atoms with Crippen LogP contribution in [0.1, 0.15) is 66.2 Å². The molecule has 1 N–H and O–H groups in total. The minimum atomic E-state index is -0.801. The van der Waals surface area contributed by atoms with Crippen LogP contribution < -0.4 is 5.32 Å². The molecule has 0 aromatic rings. The van der Waals surface area contributed by atoms with Gasteiger partial charge in [0.1, 0.15) is 5.60 Å². The fourth-order valence-corrected chi connectivity index (χ4v) is 6.75. The minimum absolute atomic E-state index is 0.0158. The third-order valence-corrected chi connectivity index (χ3v) is 8.70. The molecule has 0 radical (unpaired) electrons. The normalized spacial score (nSPS) is 33.5. The van der Waals surface area contributed by atoms with Gasteiger partial charge in [-0.3, -0.25) is 0 Å². The van der Waals surface area contributed by atoms with Crippen LogP contribution in [0.4, 0.5) is 4.79 Å². The van der Waals surface area contributed by atoms with Crippen LogP contribution in [-0.4, -0.2) is 31.9 Å². The lowest BCUT2D eigenvalue weighted by molar-refractivity contribution is 0.0341. The summed E-state index contributed by atoms with van der Waals surface area (Å²) in [5.41, 5.74) is -0.599. The van der Waals surface area contributed by atoms with Gasteiger partial charge in [0, 0.05) is 11.3 Å². The van der Waals surface area contributed by atoms with Crippen LogP contribution >= 0.6 is 10.8 Å². The van der Waals surface area contributed by atoms with Gasteiger partial charge >= 0.3 is 6.09 Å². The first kappa shape index (κ1) is 17.1. The summed E-state index contributed by atoms with van der Waals surface area (Å²) in [6, 6.07) is 0. The van der Waals surface area contributed by atoms with E-state index in [0.29, 0.717) is 0 Å². The van der Waals surface area contributed by atoms with Gasteiger partial charge in [-0.05, 0) is 59.3 Å². The molecule has 3 aliphatic carbocycles. The predicted octanol–water partition coefficient (Wildman–Crippen LogP) is 3.77. The van der Waals surface area contributed by atoms with Crippen molar-refractivity contribution in [3.8, 4) is 0 Å². The highest BCUT2D eigenvalue weighted by molar-refractivity contribution is 8.69. The average Bonchev–Trinajstić information content (AvgIpc) is 2.38. The molecule has 1 atom stereocenters. The summed E-state index contributed by atoms with van der Waals surface area (Å²) < 4.78 is 17.8. The van der Waals surface area contributed by atoms with E-state index < -0.39 is 15.4 Å². The van der Waals surface area contributed by atoms with Crippen molar-refractivity contribution in [2.75, 3.05) is 5.75 Å². The van der Waals surface area contributed by atoms with Crippen molar-refractivity contribution in [3.63, 3.8) is 0 Å². The Hall–Kier alpha value is -0.230. The summed E-state index contributed by atoms with van der Waals surface area (Å²) >= 11 is 0. The molecule has 0 heterocycles. The molecule has 0 aromatic carbocycles. The fourth-order valence-electron chi connectivity index (χ4n) is 3.34. The Morgan fingerprint density at radius 2 is 1.71 bits per heavy atom. The highest BCUT2D eigenvalue weighted by Crippen LogP contribution is 2.51. The summed E-state index contributed by atoms with van der Waals surface area (Å²) in [7, 11) is 0.765. The van der Waals surface area contributed by atoms with E-state index in [-0.39, 0.29) is 16.4 Å². The van der Waals surface area contributed by atoms with Crippen molar-refractivity contribution in [2.24, 2.45) is 0 Å². The van der Waals surface area contributed by atoms with E-state index in [1.54, 1.807) is 10.8 Å².